The summed E-state index contributed by atoms with van der Waals surface area (Å²) in [6, 6.07) is 0. The topological polar surface area (TPSA) is 57.5 Å². The summed E-state index contributed by atoms with van der Waals surface area (Å²) >= 11 is 0. The molecule has 22 heavy (non-hydrogen) atoms. The maximum Gasteiger partial charge on any atom is 0.139 e. The van der Waals surface area contributed by atoms with Crippen molar-refractivity contribution in [2.75, 3.05) is 0 Å². The molecule has 1 unspecified atom stereocenters. The monoisotopic (exact) mass is 306 g/mol. The van der Waals surface area contributed by atoms with Gasteiger partial charge in [-0.2, -0.15) is 0 Å². The first kappa shape index (κ1) is 17.5. The summed E-state index contributed by atoms with van der Waals surface area (Å²) in [4.78, 5) is 11.9. The van der Waals surface area contributed by atoms with Crippen LogP contribution in [0.25, 0.3) is 0 Å². The zero-order chi connectivity index (χ0) is 16.3. The van der Waals surface area contributed by atoms with Gasteiger partial charge in [-0.3, -0.25) is 4.79 Å². The zero-order valence-electron chi connectivity index (χ0n) is 14.1. The van der Waals surface area contributed by atoms with E-state index in [1.807, 2.05) is 6.92 Å². The van der Waals surface area contributed by atoms with Gasteiger partial charge in [-0.05, 0) is 31.1 Å². The fraction of sp³-hybridized carbons (Fsp3) is 0.842. The van der Waals surface area contributed by atoms with Crippen molar-refractivity contribution in [1.82, 2.24) is 0 Å². The van der Waals surface area contributed by atoms with Crippen LogP contribution in [0.5, 0.6) is 0 Å². The van der Waals surface area contributed by atoms with Crippen LogP contribution >= 0.6 is 0 Å². The lowest BCUT2D eigenvalue weighted by molar-refractivity contribution is -0.151. The number of unbranched alkanes of at least 4 members (excludes halogenated alkanes) is 1. The van der Waals surface area contributed by atoms with Crippen LogP contribution in [0.3, 0.4) is 0 Å². The van der Waals surface area contributed by atoms with Crippen LogP contribution in [0.15, 0.2) is 0 Å². The third kappa shape index (κ3) is 3.73. The number of aliphatic hydroxyl groups excluding tert-OH is 2. The van der Waals surface area contributed by atoms with Crippen molar-refractivity contribution >= 4 is 5.78 Å². The summed E-state index contributed by atoms with van der Waals surface area (Å²) in [6.45, 7) is 6.27. The second kappa shape index (κ2) is 7.62. The largest absolute Gasteiger partial charge is 0.392 e. The number of hydrogen-bond acceptors (Lipinski definition) is 3. The van der Waals surface area contributed by atoms with E-state index in [-0.39, 0.29) is 23.7 Å². The number of carbonyl (C=O) groups excluding carboxylic acids is 1. The highest BCUT2D eigenvalue weighted by Gasteiger charge is 2.54. The van der Waals surface area contributed by atoms with Crippen molar-refractivity contribution in [1.29, 1.82) is 0 Å². The van der Waals surface area contributed by atoms with E-state index < -0.39 is 12.2 Å². The molecule has 0 aromatic rings. The smallest absolute Gasteiger partial charge is 0.139 e. The summed E-state index contributed by atoms with van der Waals surface area (Å²) in [5.41, 5.74) is 0. The van der Waals surface area contributed by atoms with Gasteiger partial charge in [0.25, 0.3) is 0 Å². The predicted molar refractivity (Wildman–Crippen MR) is 87.0 cm³/mol. The second-order valence-corrected chi connectivity index (χ2v) is 7.33. The Labute approximate surface area is 134 Å². The van der Waals surface area contributed by atoms with Gasteiger partial charge in [-0.1, -0.05) is 51.9 Å². The van der Waals surface area contributed by atoms with Crippen LogP contribution in [-0.2, 0) is 4.79 Å². The number of carbonyl (C=O) groups is 1. The summed E-state index contributed by atoms with van der Waals surface area (Å²) in [7, 11) is 0. The average molecular weight is 306 g/mol. The maximum atomic E-state index is 11.9. The van der Waals surface area contributed by atoms with E-state index in [9.17, 15) is 15.0 Å². The predicted octanol–water partition coefficient (Wildman–Crippen LogP) is 2.79. The van der Waals surface area contributed by atoms with E-state index in [1.165, 1.54) is 12.8 Å². The van der Waals surface area contributed by atoms with Crippen molar-refractivity contribution in [3.05, 3.63) is 0 Å². The minimum absolute atomic E-state index is 0.0138. The van der Waals surface area contributed by atoms with Gasteiger partial charge >= 0.3 is 0 Å². The van der Waals surface area contributed by atoms with Crippen LogP contribution in [0.2, 0.25) is 0 Å². The van der Waals surface area contributed by atoms with E-state index in [0.29, 0.717) is 24.5 Å². The van der Waals surface area contributed by atoms with Gasteiger partial charge in [-0.15, -0.1) is 0 Å². The molecule has 2 saturated carbocycles. The Morgan fingerprint density at radius 2 is 2.09 bits per heavy atom. The van der Waals surface area contributed by atoms with Crippen LogP contribution in [0.1, 0.15) is 59.3 Å². The Morgan fingerprint density at radius 3 is 2.77 bits per heavy atom. The first-order chi connectivity index (χ1) is 10.5. The van der Waals surface area contributed by atoms with Crippen LogP contribution < -0.4 is 0 Å². The molecule has 7 atom stereocenters. The number of fused-ring (bicyclic) bond motifs is 1. The molecule has 3 heteroatoms. The Balaban J connectivity index is 1.92. The molecule has 0 aliphatic heterocycles. The summed E-state index contributed by atoms with van der Waals surface area (Å²) in [6.07, 6.45) is 4.56. The van der Waals surface area contributed by atoms with E-state index >= 15 is 0 Å². The average Bonchev–Trinajstić information content (AvgIpc) is 2.50. The third-order valence-corrected chi connectivity index (χ3v) is 5.55. The molecule has 0 spiro atoms. The Bertz CT molecular complexity index is 447. The molecule has 0 aromatic carbocycles. The molecule has 0 heterocycles. The SMILES string of the molecule is CCCC[C@H](C)C[C@H](O)C#C[C@@H]1[C@H]2C(C)C(=O)[C@H]2CC[C@H]1O. The molecular weight excluding hydrogens is 276 g/mol. The van der Waals surface area contributed by atoms with Crippen molar-refractivity contribution in [2.45, 2.75) is 71.5 Å². The van der Waals surface area contributed by atoms with Crippen molar-refractivity contribution in [3.63, 3.8) is 0 Å². The molecule has 2 aliphatic carbocycles. The van der Waals surface area contributed by atoms with E-state index in [0.717, 1.165) is 12.8 Å². The Hall–Kier alpha value is -0.850. The highest BCUT2D eigenvalue weighted by atomic mass is 16.3. The van der Waals surface area contributed by atoms with Crippen molar-refractivity contribution in [3.8, 4) is 11.8 Å². The highest BCUT2D eigenvalue weighted by Crippen LogP contribution is 2.49. The molecule has 0 bridgehead atoms. The fourth-order valence-electron chi connectivity index (χ4n) is 4.12. The van der Waals surface area contributed by atoms with E-state index in [1.54, 1.807) is 0 Å². The van der Waals surface area contributed by atoms with Gasteiger partial charge in [0.2, 0.25) is 0 Å². The summed E-state index contributed by atoms with van der Waals surface area (Å²) < 4.78 is 0. The van der Waals surface area contributed by atoms with Gasteiger partial charge in [0, 0.05) is 11.8 Å². The molecule has 0 saturated heterocycles. The molecule has 2 rings (SSSR count). The lowest BCUT2D eigenvalue weighted by Gasteiger charge is -2.49. The minimum Gasteiger partial charge on any atom is -0.392 e. The quantitative estimate of drug-likeness (QED) is 0.768. The first-order valence-electron chi connectivity index (χ1n) is 8.86. The Morgan fingerprint density at radius 1 is 1.36 bits per heavy atom. The van der Waals surface area contributed by atoms with Crippen LogP contribution in [0, 0.1) is 41.4 Å². The standard InChI is InChI=1S/C19H30O3/c1-4-5-6-12(2)11-14(20)7-8-15-17(21)10-9-16-18(15)13(3)19(16)22/h12-18,20-21H,4-6,9-11H2,1-3H3/t12-,13?,14+,15-,16-,17+,18+/m0/s1. The third-order valence-electron chi connectivity index (χ3n) is 5.55. The van der Waals surface area contributed by atoms with E-state index in [2.05, 4.69) is 25.7 Å². The number of ketones is 1. The molecule has 2 fully saturated rings. The van der Waals surface area contributed by atoms with Gasteiger partial charge in [-0.25, -0.2) is 0 Å². The fourth-order valence-corrected chi connectivity index (χ4v) is 4.12. The molecule has 2 aliphatic rings. The normalized spacial score (nSPS) is 36.6. The summed E-state index contributed by atoms with van der Waals surface area (Å²) in [5.74, 6) is 7.01. The van der Waals surface area contributed by atoms with Gasteiger partial charge < -0.3 is 10.2 Å². The zero-order valence-corrected chi connectivity index (χ0v) is 14.1. The van der Waals surface area contributed by atoms with E-state index in [4.69, 9.17) is 0 Å². The van der Waals surface area contributed by atoms with Crippen LogP contribution in [0.4, 0.5) is 0 Å². The number of Topliss-reactive ketones (excluding diaryl/α,β-unsaturated/α-hetero) is 1. The molecule has 3 nitrogen and oxygen atoms in total. The number of hydrogen-bond donors (Lipinski definition) is 2. The molecule has 124 valence electrons. The number of rotatable bonds is 5. The molecular formula is C19H30O3. The van der Waals surface area contributed by atoms with Gasteiger partial charge in [0.1, 0.15) is 11.9 Å². The lowest BCUT2D eigenvalue weighted by Crippen LogP contribution is -2.55. The van der Waals surface area contributed by atoms with Crippen molar-refractivity contribution < 1.29 is 15.0 Å². The Kier molecular flexibility index (Phi) is 6.06. The lowest BCUT2D eigenvalue weighted by atomic mass is 9.53. The molecule has 2 N–H and O–H groups in total. The van der Waals surface area contributed by atoms with Gasteiger partial charge in [0.05, 0.1) is 12.0 Å². The first-order valence-corrected chi connectivity index (χ1v) is 8.86. The molecule has 0 radical (unpaired) electrons. The molecule has 0 amide bonds. The van der Waals surface area contributed by atoms with Crippen molar-refractivity contribution in [2.24, 2.45) is 29.6 Å². The van der Waals surface area contributed by atoms with Crippen LogP contribution in [-0.4, -0.2) is 28.2 Å². The maximum absolute atomic E-state index is 11.9. The second-order valence-electron chi connectivity index (χ2n) is 7.33. The summed E-state index contributed by atoms with van der Waals surface area (Å²) in [5, 5.41) is 20.3. The number of aliphatic hydroxyl groups is 2. The highest BCUT2D eigenvalue weighted by molar-refractivity contribution is 5.90. The molecule has 0 aromatic heterocycles. The minimum atomic E-state index is -0.620. The van der Waals surface area contributed by atoms with Gasteiger partial charge in [0.15, 0.2) is 0 Å².